The summed E-state index contributed by atoms with van der Waals surface area (Å²) >= 11 is 3.47. The second-order valence-corrected chi connectivity index (χ2v) is 5.57. The van der Waals surface area contributed by atoms with Crippen molar-refractivity contribution >= 4 is 27.6 Å². The Kier molecular flexibility index (Phi) is 4.20. The summed E-state index contributed by atoms with van der Waals surface area (Å²) in [5, 5.41) is 23.6. The summed E-state index contributed by atoms with van der Waals surface area (Å²) in [6.45, 7) is 3.81. The SMILES string of the molecule is COc1ccc(Nc2nnc(-n3nc(C)c(Br)c3C)nn2)cc1. The minimum absolute atomic E-state index is 0.305. The van der Waals surface area contributed by atoms with Crippen molar-refractivity contribution in [2.75, 3.05) is 12.4 Å². The van der Waals surface area contributed by atoms with Crippen molar-refractivity contribution in [3.63, 3.8) is 0 Å². The first kappa shape index (κ1) is 15.3. The molecular weight excluding hydrogens is 362 g/mol. The quantitative estimate of drug-likeness (QED) is 0.748. The van der Waals surface area contributed by atoms with E-state index in [2.05, 4.69) is 46.7 Å². The molecular formula is C14H14BrN7O. The second-order valence-electron chi connectivity index (χ2n) is 4.77. The minimum atomic E-state index is 0.305. The number of halogens is 1. The van der Waals surface area contributed by atoms with Crippen molar-refractivity contribution in [3.8, 4) is 11.7 Å². The zero-order chi connectivity index (χ0) is 16.4. The van der Waals surface area contributed by atoms with Crippen LogP contribution in [0.2, 0.25) is 0 Å². The van der Waals surface area contributed by atoms with Gasteiger partial charge in [0.25, 0.3) is 11.9 Å². The standard InChI is InChI=1S/C14H14BrN7O/c1-8-12(15)9(2)22(21-8)14-19-17-13(18-20-14)16-10-4-6-11(23-3)7-5-10/h4-7H,1-3H3,(H,16,17,18). The summed E-state index contributed by atoms with van der Waals surface area (Å²) in [6.07, 6.45) is 0. The predicted molar refractivity (Wildman–Crippen MR) is 88.2 cm³/mol. The van der Waals surface area contributed by atoms with Crippen LogP contribution in [0.25, 0.3) is 5.95 Å². The average Bonchev–Trinajstić information content (AvgIpc) is 2.84. The summed E-state index contributed by atoms with van der Waals surface area (Å²) in [6, 6.07) is 7.39. The average molecular weight is 376 g/mol. The van der Waals surface area contributed by atoms with Crippen molar-refractivity contribution in [3.05, 3.63) is 40.1 Å². The number of anilines is 2. The van der Waals surface area contributed by atoms with Crippen LogP contribution in [0, 0.1) is 13.8 Å². The zero-order valence-corrected chi connectivity index (χ0v) is 14.4. The molecule has 23 heavy (non-hydrogen) atoms. The fourth-order valence-corrected chi connectivity index (χ4v) is 2.23. The lowest BCUT2D eigenvalue weighted by Gasteiger charge is -2.05. The second kappa shape index (κ2) is 6.29. The number of hydrogen-bond acceptors (Lipinski definition) is 7. The number of benzene rings is 1. The van der Waals surface area contributed by atoms with Crippen LogP contribution in [-0.2, 0) is 0 Å². The number of ether oxygens (including phenoxy) is 1. The number of hydrogen-bond donors (Lipinski definition) is 1. The molecule has 0 atom stereocenters. The Bertz CT molecular complexity index is 814. The molecule has 3 aromatic rings. The number of methoxy groups -OCH3 is 1. The molecule has 0 saturated carbocycles. The lowest BCUT2D eigenvalue weighted by Crippen LogP contribution is -2.10. The molecule has 0 aliphatic rings. The Hall–Kier alpha value is -2.55. The van der Waals surface area contributed by atoms with Gasteiger partial charge >= 0.3 is 0 Å². The Morgan fingerprint density at radius 3 is 2.22 bits per heavy atom. The highest BCUT2D eigenvalue weighted by atomic mass is 79.9. The molecule has 0 unspecified atom stereocenters. The van der Waals surface area contributed by atoms with E-state index in [4.69, 9.17) is 4.74 Å². The molecule has 2 aromatic heterocycles. The number of rotatable bonds is 4. The largest absolute Gasteiger partial charge is 0.497 e. The van der Waals surface area contributed by atoms with Crippen LogP contribution >= 0.6 is 15.9 Å². The van der Waals surface area contributed by atoms with Gasteiger partial charge in [-0.2, -0.15) is 9.78 Å². The van der Waals surface area contributed by atoms with E-state index in [1.807, 2.05) is 38.1 Å². The molecule has 0 radical (unpaired) electrons. The number of nitrogens with one attached hydrogen (secondary N) is 1. The molecule has 8 nitrogen and oxygen atoms in total. The van der Waals surface area contributed by atoms with Crippen molar-refractivity contribution in [1.29, 1.82) is 0 Å². The van der Waals surface area contributed by atoms with Gasteiger partial charge in [0.05, 0.1) is 23.0 Å². The molecule has 1 N–H and O–H groups in total. The highest BCUT2D eigenvalue weighted by Crippen LogP contribution is 2.21. The number of aromatic nitrogens is 6. The fraction of sp³-hybridized carbons (Fsp3) is 0.214. The highest BCUT2D eigenvalue weighted by molar-refractivity contribution is 9.10. The summed E-state index contributed by atoms with van der Waals surface area (Å²) in [7, 11) is 1.62. The van der Waals surface area contributed by atoms with Crippen molar-refractivity contribution in [2.24, 2.45) is 0 Å². The smallest absolute Gasteiger partial charge is 0.289 e. The lowest BCUT2D eigenvalue weighted by molar-refractivity contribution is 0.415. The van der Waals surface area contributed by atoms with Crippen LogP contribution in [-0.4, -0.2) is 37.3 Å². The van der Waals surface area contributed by atoms with E-state index in [0.29, 0.717) is 11.9 Å². The van der Waals surface area contributed by atoms with E-state index in [-0.39, 0.29) is 0 Å². The van der Waals surface area contributed by atoms with Gasteiger partial charge in [0.2, 0.25) is 0 Å². The topological polar surface area (TPSA) is 90.6 Å². The van der Waals surface area contributed by atoms with Crippen LogP contribution in [0.1, 0.15) is 11.4 Å². The van der Waals surface area contributed by atoms with Gasteiger partial charge in [-0.1, -0.05) is 0 Å². The molecule has 0 saturated heterocycles. The Morgan fingerprint density at radius 1 is 1.04 bits per heavy atom. The van der Waals surface area contributed by atoms with Gasteiger partial charge in [0.1, 0.15) is 5.75 Å². The molecule has 0 bridgehead atoms. The minimum Gasteiger partial charge on any atom is -0.497 e. The monoisotopic (exact) mass is 375 g/mol. The molecule has 0 amide bonds. The van der Waals surface area contributed by atoms with Crippen LogP contribution in [0.5, 0.6) is 5.75 Å². The Labute approximate surface area is 141 Å². The first-order chi connectivity index (χ1) is 11.1. The molecule has 9 heteroatoms. The zero-order valence-electron chi connectivity index (χ0n) is 12.8. The maximum atomic E-state index is 5.11. The van der Waals surface area contributed by atoms with E-state index in [1.54, 1.807) is 11.8 Å². The van der Waals surface area contributed by atoms with Gasteiger partial charge in [0, 0.05) is 5.69 Å². The van der Waals surface area contributed by atoms with E-state index >= 15 is 0 Å². The molecule has 0 fully saturated rings. The highest BCUT2D eigenvalue weighted by Gasteiger charge is 2.13. The molecule has 3 rings (SSSR count). The Morgan fingerprint density at radius 2 is 1.70 bits per heavy atom. The van der Waals surface area contributed by atoms with Gasteiger partial charge in [-0.05, 0) is 54.0 Å². The van der Waals surface area contributed by atoms with Crippen molar-refractivity contribution < 1.29 is 4.74 Å². The molecule has 0 aliphatic carbocycles. The summed E-state index contributed by atoms with van der Waals surface area (Å²) in [4.78, 5) is 0. The predicted octanol–water partition coefficient (Wildman–Crippen LogP) is 2.58. The van der Waals surface area contributed by atoms with Crippen LogP contribution < -0.4 is 10.1 Å². The number of aryl methyl sites for hydroxylation is 1. The Balaban J connectivity index is 1.80. The first-order valence-electron chi connectivity index (χ1n) is 6.79. The van der Waals surface area contributed by atoms with Gasteiger partial charge in [-0.25, -0.2) is 0 Å². The van der Waals surface area contributed by atoms with Crippen molar-refractivity contribution in [1.82, 2.24) is 30.2 Å². The first-order valence-corrected chi connectivity index (χ1v) is 7.58. The van der Waals surface area contributed by atoms with E-state index < -0.39 is 0 Å². The number of nitrogens with zero attached hydrogens (tertiary/aromatic N) is 6. The van der Waals surface area contributed by atoms with Crippen LogP contribution in [0.3, 0.4) is 0 Å². The van der Waals surface area contributed by atoms with Gasteiger partial charge in [0.15, 0.2) is 0 Å². The molecule has 2 heterocycles. The van der Waals surface area contributed by atoms with E-state index in [0.717, 1.165) is 27.3 Å². The molecule has 0 spiro atoms. The van der Waals surface area contributed by atoms with Crippen LogP contribution in [0.4, 0.5) is 11.6 Å². The fourth-order valence-electron chi connectivity index (χ4n) is 1.98. The van der Waals surface area contributed by atoms with E-state index in [9.17, 15) is 0 Å². The van der Waals surface area contributed by atoms with Crippen LogP contribution in [0.15, 0.2) is 28.7 Å². The van der Waals surface area contributed by atoms with E-state index in [1.165, 1.54) is 0 Å². The normalized spacial score (nSPS) is 10.6. The lowest BCUT2D eigenvalue weighted by atomic mass is 10.3. The third-order valence-corrected chi connectivity index (χ3v) is 4.35. The van der Waals surface area contributed by atoms with Gasteiger partial charge < -0.3 is 10.1 Å². The third-order valence-electron chi connectivity index (χ3n) is 3.21. The summed E-state index contributed by atoms with van der Waals surface area (Å²) in [5.41, 5.74) is 2.56. The maximum absolute atomic E-state index is 5.11. The molecule has 1 aromatic carbocycles. The van der Waals surface area contributed by atoms with Gasteiger partial charge in [-0.3, -0.25) is 0 Å². The summed E-state index contributed by atoms with van der Waals surface area (Å²) in [5.74, 6) is 1.40. The molecule has 0 aliphatic heterocycles. The van der Waals surface area contributed by atoms with Gasteiger partial charge in [-0.15, -0.1) is 20.4 Å². The third kappa shape index (κ3) is 3.14. The maximum Gasteiger partial charge on any atom is 0.289 e. The summed E-state index contributed by atoms with van der Waals surface area (Å²) < 4.78 is 7.62. The van der Waals surface area contributed by atoms with Crippen molar-refractivity contribution in [2.45, 2.75) is 13.8 Å². The molecule has 118 valence electrons.